The number of hydrogen-bond acceptors (Lipinski definition) is 8. The molecule has 212 valence electrons. The molecule has 10 nitrogen and oxygen atoms in total. The number of hydrogen-bond donors (Lipinski definition) is 2. The molecular formula is C29H27Cl2N5O5. The minimum atomic E-state index is -0.695. The molecule has 1 aromatic heterocycles. The van der Waals surface area contributed by atoms with Crippen LogP contribution in [0.2, 0.25) is 10.0 Å². The largest absolute Gasteiger partial charge is 0.495 e. The van der Waals surface area contributed by atoms with Crippen molar-refractivity contribution in [3.8, 4) is 34.4 Å². The molecule has 0 radical (unpaired) electrons. The van der Waals surface area contributed by atoms with Gasteiger partial charge in [0.2, 0.25) is 11.7 Å². The summed E-state index contributed by atoms with van der Waals surface area (Å²) >= 11 is 12.7. The predicted octanol–water partition coefficient (Wildman–Crippen LogP) is 6.21. The molecular weight excluding hydrogens is 569 g/mol. The van der Waals surface area contributed by atoms with Gasteiger partial charge in [-0.1, -0.05) is 41.4 Å². The van der Waals surface area contributed by atoms with Crippen molar-refractivity contribution in [2.24, 2.45) is 0 Å². The van der Waals surface area contributed by atoms with Crippen LogP contribution in [0.5, 0.6) is 23.0 Å². The molecule has 1 unspecified atom stereocenters. The fraction of sp³-hybridized carbons (Fsp3) is 0.207. The molecule has 1 aliphatic heterocycles. The average molecular weight is 596 g/mol. The van der Waals surface area contributed by atoms with Gasteiger partial charge in [-0.05, 0) is 48.9 Å². The van der Waals surface area contributed by atoms with Crippen LogP contribution >= 0.6 is 23.2 Å². The maximum absolute atomic E-state index is 13.9. The van der Waals surface area contributed by atoms with Crippen molar-refractivity contribution in [2.45, 2.75) is 13.0 Å². The van der Waals surface area contributed by atoms with E-state index in [-0.39, 0.29) is 5.91 Å². The monoisotopic (exact) mass is 595 g/mol. The number of anilines is 2. The van der Waals surface area contributed by atoms with E-state index in [1.54, 1.807) is 61.2 Å². The number of para-hydroxylation sites is 2. The third kappa shape index (κ3) is 5.23. The van der Waals surface area contributed by atoms with Crippen molar-refractivity contribution in [3.05, 3.63) is 81.5 Å². The number of benzene rings is 3. The summed E-state index contributed by atoms with van der Waals surface area (Å²) in [6.07, 6.45) is 0. The van der Waals surface area contributed by atoms with Gasteiger partial charge in [0.15, 0.2) is 17.3 Å². The molecule has 2 heterocycles. The van der Waals surface area contributed by atoms with Gasteiger partial charge in [-0.3, -0.25) is 4.79 Å². The molecule has 0 saturated carbocycles. The third-order valence-electron chi connectivity index (χ3n) is 6.63. The molecule has 4 aromatic rings. The number of methoxy groups -OCH3 is 4. The molecule has 2 N–H and O–H groups in total. The number of aromatic nitrogens is 3. The molecule has 3 aromatic carbocycles. The first kappa shape index (κ1) is 28.1. The molecule has 5 rings (SSSR count). The van der Waals surface area contributed by atoms with Gasteiger partial charge in [-0.15, -0.1) is 5.10 Å². The predicted molar refractivity (Wildman–Crippen MR) is 158 cm³/mol. The summed E-state index contributed by atoms with van der Waals surface area (Å²) in [5, 5.41) is 11.8. The van der Waals surface area contributed by atoms with Crippen LogP contribution in [0.15, 0.2) is 65.9 Å². The molecule has 12 heteroatoms. The van der Waals surface area contributed by atoms with Crippen LogP contribution in [-0.4, -0.2) is 49.1 Å². The number of carbonyl (C=O) groups excluding carboxylic acids is 1. The van der Waals surface area contributed by atoms with Crippen LogP contribution in [0, 0.1) is 0 Å². The standard InChI is InChI=1S/C29H27Cl2N5O5/c1-15-24(28(37)33-20-8-6-7-9-21(20)38-2)25(16-10-11-18(30)19(31)12-16)36-29(32-15)34-27(35-36)17-13-22(39-3)26(41-5)23(14-17)40-4/h6-14,25H,1-5H3,(H,33,37)(H,32,34,35). The second-order valence-electron chi connectivity index (χ2n) is 9.01. The van der Waals surface area contributed by atoms with Gasteiger partial charge in [0.05, 0.1) is 49.7 Å². The first-order valence-electron chi connectivity index (χ1n) is 12.4. The summed E-state index contributed by atoms with van der Waals surface area (Å²) in [5.41, 5.74) is 2.82. The zero-order valence-electron chi connectivity index (χ0n) is 22.9. The quantitative estimate of drug-likeness (QED) is 0.247. The first-order chi connectivity index (χ1) is 19.8. The highest BCUT2D eigenvalue weighted by atomic mass is 35.5. The Balaban J connectivity index is 1.64. The molecule has 0 spiro atoms. The van der Waals surface area contributed by atoms with Gasteiger partial charge in [-0.2, -0.15) is 4.98 Å². The smallest absolute Gasteiger partial charge is 0.255 e. The molecule has 0 saturated heterocycles. The van der Waals surface area contributed by atoms with Crippen LogP contribution in [0.25, 0.3) is 11.4 Å². The second kappa shape index (κ2) is 11.6. The maximum Gasteiger partial charge on any atom is 0.255 e. The molecule has 1 aliphatic rings. The lowest BCUT2D eigenvalue weighted by molar-refractivity contribution is -0.113. The molecule has 1 atom stereocenters. The van der Waals surface area contributed by atoms with E-state index in [4.69, 9.17) is 52.2 Å². The summed E-state index contributed by atoms with van der Waals surface area (Å²) in [7, 11) is 6.15. The number of ether oxygens (including phenoxy) is 4. The fourth-order valence-corrected chi connectivity index (χ4v) is 5.01. The Hall–Kier alpha value is -4.41. The van der Waals surface area contributed by atoms with Gasteiger partial charge in [0.1, 0.15) is 11.8 Å². The van der Waals surface area contributed by atoms with Gasteiger partial charge < -0.3 is 29.6 Å². The van der Waals surface area contributed by atoms with E-state index in [0.717, 1.165) is 0 Å². The van der Waals surface area contributed by atoms with E-state index in [1.165, 1.54) is 21.3 Å². The normalized spacial score (nSPS) is 14.2. The Morgan fingerprint density at radius 2 is 1.59 bits per heavy atom. The summed E-state index contributed by atoms with van der Waals surface area (Å²) in [5.74, 6) is 2.32. The molecule has 1 amide bonds. The lowest BCUT2D eigenvalue weighted by Crippen LogP contribution is -2.31. The summed E-state index contributed by atoms with van der Waals surface area (Å²) < 4.78 is 23.6. The Labute approximate surface area is 246 Å². The van der Waals surface area contributed by atoms with Crippen LogP contribution in [0.4, 0.5) is 11.6 Å². The Morgan fingerprint density at radius 3 is 2.22 bits per heavy atom. The minimum Gasteiger partial charge on any atom is -0.495 e. The lowest BCUT2D eigenvalue weighted by Gasteiger charge is -2.29. The minimum absolute atomic E-state index is 0.344. The number of fused-ring (bicyclic) bond motifs is 1. The zero-order chi connectivity index (χ0) is 29.3. The van der Waals surface area contributed by atoms with Crippen LogP contribution in [-0.2, 0) is 4.79 Å². The van der Waals surface area contributed by atoms with Gasteiger partial charge in [0.25, 0.3) is 5.91 Å². The highest BCUT2D eigenvalue weighted by Gasteiger charge is 2.35. The van der Waals surface area contributed by atoms with Gasteiger partial charge in [-0.25, -0.2) is 4.68 Å². The van der Waals surface area contributed by atoms with Crippen molar-refractivity contribution >= 4 is 40.7 Å². The van der Waals surface area contributed by atoms with E-state index >= 15 is 0 Å². The van der Waals surface area contributed by atoms with E-state index < -0.39 is 6.04 Å². The summed E-state index contributed by atoms with van der Waals surface area (Å²) in [6, 6.07) is 15.2. The van der Waals surface area contributed by atoms with Crippen molar-refractivity contribution in [1.82, 2.24) is 14.8 Å². The number of halogens is 2. The highest BCUT2D eigenvalue weighted by Crippen LogP contribution is 2.43. The van der Waals surface area contributed by atoms with Gasteiger partial charge in [0, 0.05) is 11.3 Å². The average Bonchev–Trinajstić information content (AvgIpc) is 3.40. The Kier molecular flexibility index (Phi) is 7.96. The zero-order valence-corrected chi connectivity index (χ0v) is 24.4. The lowest BCUT2D eigenvalue weighted by atomic mass is 9.95. The molecule has 0 fully saturated rings. The van der Waals surface area contributed by atoms with Crippen molar-refractivity contribution in [1.29, 1.82) is 0 Å². The maximum atomic E-state index is 13.9. The summed E-state index contributed by atoms with van der Waals surface area (Å²) in [4.78, 5) is 18.6. The summed E-state index contributed by atoms with van der Waals surface area (Å²) in [6.45, 7) is 1.80. The Morgan fingerprint density at radius 1 is 0.902 bits per heavy atom. The highest BCUT2D eigenvalue weighted by molar-refractivity contribution is 6.42. The van der Waals surface area contributed by atoms with Crippen molar-refractivity contribution in [2.75, 3.05) is 39.1 Å². The number of nitrogens with zero attached hydrogens (tertiary/aromatic N) is 3. The Bertz CT molecular complexity index is 1640. The number of allylic oxidation sites excluding steroid dienone is 1. The van der Waals surface area contributed by atoms with Crippen LogP contribution in [0.1, 0.15) is 18.5 Å². The second-order valence-corrected chi connectivity index (χ2v) is 9.83. The van der Waals surface area contributed by atoms with E-state index in [0.29, 0.717) is 72.9 Å². The van der Waals surface area contributed by atoms with E-state index in [1.807, 2.05) is 12.1 Å². The SMILES string of the molecule is COc1ccccc1NC(=O)C1=C(C)Nc2nc(-c3cc(OC)c(OC)c(OC)c3)nn2C1c1ccc(Cl)c(Cl)c1. The van der Waals surface area contributed by atoms with Crippen molar-refractivity contribution in [3.63, 3.8) is 0 Å². The van der Waals surface area contributed by atoms with E-state index in [2.05, 4.69) is 10.6 Å². The fourth-order valence-electron chi connectivity index (χ4n) is 4.71. The first-order valence-corrected chi connectivity index (χ1v) is 13.2. The molecule has 0 aliphatic carbocycles. The number of carbonyl (C=O) groups is 1. The van der Waals surface area contributed by atoms with Crippen LogP contribution < -0.4 is 29.6 Å². The molecule has 41 heavy (non-hydrogen) atoms. The number of nitrogens with one attached hydrogen (secondary N) is 2. The van der Waals surface area contributed by atoms with E-state index in [9.17, 15) is 4.79 Å². The van der Waals surface area contributed by atoms with Crippen LogP contribution in [0.3, 0.4) is 0 Å². The number of rotatable bonds is 8. The number of amides is 1. The molecule has 0 bridgehead atoms. The topological polar surface area (TPSA) is 109 Å². The van der Waals surface area contributed by atoms with Crippen molar-refractivity contribution < 1.29 is 23.7 Å². The third-order valence-corrected chi connectivity index (χ3v) is 7.37. The van der Waals surface area contributed by atoms with Gasteiger partial charge >= 0.3 is 0 Å².